The predicted octanol–water partition coefficient (Wildman–Crippen LogP) is 1.87. The van der Waals surface area contributed by atoms with Crippen molar-refractivity contribution in [3.63, 3.8) is 0 Å². The number of ketones is 1. The van der Waals surface area contributed by atoms with Gasteiger partial charge in [-0.1, -0.05) is 49.1 Å². The summed E-state index contributed by atoms with van der Waals surface area (Å²) in [5.41, 5.74) is 0.403. The number of fused-ring (bicyclic) bond motifs is 3. The second kappa shape index (κ2) is 8.75. The number of aromatic nitrogens is 3. The highest BCUT2D eigenvalue weighted by molar-refractivity contribution is 6.01. The molecule has 1 fully saturated rings. The van der Waals surface area contributed by atoms with Gasteiger partial charge < -0.3 is 9.47 Å². The summed E-state index contributed by atoms with van der Waals surface area (Å²) in [5, 5.41) is 2.19. The Kier molecular flexibility index (Phi) is 5.47. The number of allylic oxidation sites excluding steroid dienone is 1. The number of nitrogens with zero attached hydrogens (tertiary/aromatic N) is 5. The molecule has 0 saturated carbocycles. The second-order valence-electron chi connectivity index (χ2n) is 9.48. The molecule has 0 spiro atoms. The third kappa shape index (κ3) is 3.12. The Morgan fingerprint density at radius 1 is 0.868 bits per heavy atom. The van der Waals surface area contributed by atoms with E-state index in [1.54, 1.807) is 30.3 Å². The zero-order chi connectivity index (χ0) is 26.7. The summed E-state index contributed by atoms with van der Waals surface area (Å²) in [6, 6.07) is 4.98. The van der Waals surface area contributed by atoms with E-state index in [4.69, 9.17) is 9.47 Å². The minimum absolute atomic E-state index is 0.127. The van der Waals surface area contributed by atoms with Crippen LogP contribution in [0, 0.1) is 0 Å². The van der Waals surface area contributed by atoms with Crippen molar-refractivity contribution in [1.29, 1.82) is 0 Å². The van der Waals surface area contributed by atoms with Crippen LogP contribution in [-0.4, -0.2) is 67.2 Å². The maximum Gasteiger partial charge on any atom is 0.429 e. The van der Waals surface area contributed by atoms with Gasteiger partial charge in [0.1, 0.15) is 31.3 Å². The zero-order valence-corrected chi connectivity index (χ0v) is 20.4. The number of benzene rings is 1. The third-order valence-corrected chi connectivity index (χ3v) is 7.57. The largest absolute Gasteiger partial charge is 0.444 e. The first-order valence-corrected chi connectivity index (χ1v) is 12.3. The van der Waals surface area contributed by atoms with Crippen LogP contribution in [0.15, 0.2) is 76.4 Å². The summed E-state index contributed by atoms with van der Waals surface area (Å²) in [6.45, 7) is 6.86. The standard InChI is InChI=1S/C26H25N5O7/c1-3-12-37-25(35)30-20-17-14-15-10-11-18(32)19(15)21(31(30)26(36)38-13-4-2)22(20)29-24(34)27(23(33)28(17)29)16-8-6-5-7-9-16/h3-9,17,20-22H,1-2,10-14H2/t17-,20+,21-,22-/m1/s1. The number of hydrogen-bond acceptors (Lipinski definition) is 7. The highest BCUT2D eigenvalue weighted by Gasteiger charge is 2.66. The van der Waals surface area contributed by atoms with Gasteiger partial charge in [0.05, 0.1) is 11.7 Å². The number of carbonyl (C=O) groups excluding carboxylic acids is 3. The molecule has 1 saturated heterocycles. The zero-order valence-electron chi connectivity index (χ0n) is 20.4. The quantitative estimate of drug-likeness (QED) is 0.552. The van der Waals surface area contributed by atoms with Crippen LogP contribution in [0.4, 0.5) is 9.59 Å². The summed E-state index contributed by atoms with van der Waals surface area (Å²) in [7, 11) is 0. The predicted molar refractivity (Wildman–Crippen MR) is 133 cm³/mol. The molecule has 4 atom stereocenters. The molecule has 12 heteroatoms. The van der Waals surface area contributed by atoms with Gasteiger partial charge in [0, 0.05) is 12.0 Å². The monoisotopic (exact) mass is 519 g/mol. The van der Waals surface area contributed by atoms with Gasteiger partial charge in [0.15, 0.2) is 5.78 Å². The first-order chi connectivity index (χ1) is 18.4. The van der Waals surface area contributed by atoms with Gasteiger partial charge in [-0.2, -0.15) is 0 Å². The molecule has 6 rings (SSSR count). The number of hydrazine groups is 1. The van der Waals surface area contributed by atoms with E-state index < -0.39 is 47.7 Å². The van der Waals surface area contributed by atoms with Crippen LogP contribution < -0.4 is 11.4 Å². The van der Waals surface area contributed by atoms with E-state index in [9.17, 15) is 24.0 Å². The average Bonchev–Trinajstić information content (AvgIpc) is 3.57. The molecule has 196 valence electrons. The van der Waals surface area contributed by atoms with Crippen molar-refractivity contribution >= 4 is 18.0 Å². The highest BCUT2D eigenvalue weighted by atomic mass is 16.6. The van der Waals surface area contributed by atoms with Gasteiger partial charge in [-0.15, -0.1) is 0 Å². The number of para-hydroxylation sites is 1. The lowest BCUT2D eigenvalue weighted by Gasteiger charge is -2.36. The van der Waals surface area contributed by atoms with E-state index in [0.717, 1.165) is 20.2 Å². The Balaban J connectivity index is 1.58. The van der Waals surface area contributed by atoms with E-state index in [-0.39, 0.29) is 31.8 Å². The average molecular weight is 520 g/mol. The Labute approximate surface area is 216 Å². The topological polar surface area (TPSA) is 125 Å². The normalized spacial score (nSPS) is 24.7. The Morgan fingerprint density at radius 2 is 1.50 bits per heavy atom. The van der Waals surface area contributed by atoms with Crippen molar-refractivity contribution < 1.29 is 23.9 Å². The van der Waals surface area contributed by atoms with Gasteiger partial charge in [-0.05, 0) is 25.0 Å². The molecule has 0 N–H and O–H groups in total. The number of amides is 2. The third-order valence-electron chi connectivity index (χ3n) is 7.57. The molecule has 2 amide bonds. The molecule has 3 heterocycles. The van der Waals surface area contributed by atoms with Gasteiger partial charge in [0.2, 0.25) is 0 Å². The van der Waals surface area contributed by atoms with Crippen molar-refractivity contribution in [3.05, 3.63) is 87.8 Å². The summed E-state index contributed by atoms with van der Waals surface area (Å²) in [4.78, 5) is 67.5. The van der Waals surface area contributed by atoms with E-state index in [2.05, 4.69) is 13.2 Å². The van der Waals surface area contributed by atoms with Crippen LogP contribution >= 0.6 is 0 Å². The smallest absolute Gasteiger partial charge is 0.429 e. The van der Waals surface area contributed by atoms with Crippen molar-refractivity contribution in [2.24, 2.45) is 0 Å². The molecule has 2 aliphatic heterocycles. The Morgan fingerprint density at radius 3 is 2.16 bits per heavy atom. The van der Waals surface area contributed by atoms with Crippen LogP contribution in [0.2, 0.25) is 0 Å². The summed E-state index contributed by atoms with van der Waals surface area (Å²) in [6.07, 6.45) is 2.00. The SMILES string of the molecule is C=CCOC(=O)N1[C@@H]2[C@@H]3[C@@H](C4=C(CCC4=O)C[C@H]2n2c(=O)n(-c4ccccc4)c(=O)n23)N1C(=O)OCC=C. The minimum atomic E-state index is -1.04. The fourth-order valence-electron chi connectivity index (χ4n) is 6.28. The van der Waals surface area contributed by atoms with Gasteiger partial charge in [-0.25, -0.2) is 43.1 Å². The molecular formula is C26H25N5O7. The van der Waals surface area contributed by atoms with E-state index >= 15 is 0 Å². The lowest BCUT2D eigenvalue weighted by molar-refractivity contribution is -0.115. The molecule has 0 radical (unpaired) electrons. The number of ether oxygens (including phenoxy) is 2. The number of carbonyl (C=O) groups is 3. The maximum absolute atomic E-state index is 13.8. The molecule has 12 nitrogen and oxygen atoms in total. The van der Waals surface area contributed by atoms with Crippen LogP contribution in [0.25, 0.3) is 5.69 Å². The molecule has 0 unspecified atom stereocenters. The van der Waals surface area contributed by atoms with Crippen molar-refractivity contribution in [3.8, 4) is 5.69 Å². The lowest BCUT2D eigenvalue weighted by atomic mass is 9.95. The van der Waals surface area contributed by atoms with Crippen LogP contribution in [0.1, 0.15) is 31.3 Å². The van der Waals surface area contributed by atoms with Crippen molar-refractivity contribution in [2.75, 3.05) is 13.2 Å². The molecule has 1 aromatic heterocycles. The summed E-state index contributed by atoms with van der Waals surface area (Å²) in [5.74, 6) is -0.163. The Hall–Kier alpha value is -4.61. The number of hydrogen-bond donors (Lipinski definition) is 0. The number of rotatable bonds is 5. The van der Waals surface area contributed by atoms with Crippen LogP contribution in [-0.2, 0) is 14.3 Å². The first kappa shape index (κ1) is 23.8. The minimum Gasteiger partial charge on any atom is -0.444 e. The van der Waals surface area contributed by atoms with Crippen LogP contribution in [0.3, 0.4) is 0 Å². The van der Waals surface area contributed by atoms with E-state index in [1.807, 2.05) is 0 Å². The summed E-state index contributed by atoms with van der Waals surface area (Å²) >= 11 is 0. The van der Waals surface area contributed by atoms with Gasteiger partial charge in [0.25, 0.3) is 0 Å². The van der Waals surface area contributed by atoms with Gasteiger partial charge >= 0.3 is 23.6 Å². The molecule has 38 heavy (non-hydrogen) atoms. The van der Waals surface area contributed by atoms with Crippen LogP contribution in [0.5, 0.6) is 0 Å². The second-order valence-corrected chi connectivity index (χ2v) is 9.48. The molecule has 4 aliphatic rings. The van der Waals surface area contributed by atoms with E-state index in [0.29, 0.717) is 17.7 Å². The molecule has 1 aromatic carbocycles. The molecular weight excluding hydrogens is 494 g/mol. The van der Waals surface area contributed by atoms with E-state index in [1.165, 1.54) is 21.5 Å². The van der Waals surface area contributed by atoms with Crippen molar-refractivity contribution in [1.82, 2.24) is 23.9 Å². The number of Topliss-reactive ketones (excluding diaryl/α,β-unsaturated/α-hetero) is 1. The molecule has 2 aromatic rings. The highest BCUT2D eigenvalue weighted by Crippen LogP contribution is 2.54. The van der Waals surface area contributed by atoms with Gasteiger partial charge in [-0.3, -0.25) is 4.79 Å². The summed E-state index contributed by atoms with van der Waals surface area (Å²) < 4.78 is 14.4. The lowest BCUT2D eigenvalue weighted by Crippen LogP contribution is -2.54. The fraction of sp³-hybridized carbons (Fsp3) is 0.346. The maximum atomic E-state index is 13.8. The Bertz CT molecular complexity index is 1530. The fourth-order valence-corrected chi connectivity index (χ4v) is 6.28. The first-order valence-electron chi connectivity index (χ1n) is 12.3. The van der Waals surface area contributed by atoms with Crippen molar-refractivity contribution in [2.45, 2.75) is 43.4 Å². The molecule has 4 bridgehead atoms. The molecule has 2 aliphatic carbocycles.